The minimum Gasteiger partial charge on any atom is -0.381 e. The Morgan fingerprint density at radius 2 is 2.08 bits per heavy atom. The summed E-state index contributed by atoms with van der Waals surface area (Å²) < 4.78 is 5.82. The summed E-state index contributed by atoms with van der Waals surface area (Å²) in [6.45, 7) is 6.88. The molecule has 2 saturated heterocycles. The molecule has 7 heteroatoms. The third-order valence-electron chi connectivity index (χ3n) is 5.01. The number of anilines is 1. The van der Waals surface area contributed by atoms with E-state index in [0.717, 1.165) is 64.7 Å². The van der Waals surface area contributed by atoms with E-state index in [1.165, 1.54) is 5.00 Å². The molecule has 2 aliphatic heterocycles. The highest BCUT2D eigenvalue weighted by Crippen LogP contribution is 2.33. The van der Waals surface area contributed by atoms with E-state index in [-0.39, 0.29) is 4.75 Å². The van der Waals surface area contributed by atoms with Crippen LogP contribution in [0.2, 0.25) is 0 Å². The first-order chi connectivity index (χ1) is 11.8. The third-order valence-corrected chi connectivity index (χ3v) is 7.36. The van der Waals surface area contributed by atoms with Crippen LogP contribution in [0.25, 0.3) is 0 Å². The topological polar surface area (TPSA) is 40.1 Å². The number of piperazine rings is 1. The van der Waals surface area contributed by atoms with Crippen molar-refractivity contribution in [1.82, 2.24) is 10.2 Å². The largest absolute Gasteiger partial charge is 0.381 e. The zero-order valence-corrected chi connectivity index (χ0v) is 16.3. The molecule has 0 radical (unpaired) electrons. The standard InChI is InChI=1S/C17H28N4OS2/c1-18-16(19-14-17(23-2)5-11-22-12-6-17)21-9-7-20(8-10-21)15-4-3-13-24-15/h3-4,13H,5-12,14H2,1-2H3,(H,18,19). The van der Waals surface area contributed by atoms with Gasteiger partial charge in [-0.15, -0.1) is 11.3 Å². The van der Waals surface area contributed by atoms with E-state index in [1.807, 2.05) is 30.1 Å². The van der Waals surface area contributed by atoms with Gasteiger partial charge in [-0.05, 0) is 36.6 Å². The molecule has 2 fully saturated rings. The molecule has 5 nitrogen and oxygen atoms in total. The summed E-state index contributed by atoms with van der Waals surface area (Å²) in [6.07, 6.45) is 4.45. The number of nitrogens with one attached hydrogen (secondary N) is 1. The molecular formula is C17H28N4OS2. The molecule has 0 bridgehead atoms. The van der Waals surface area contributed by atoms with Crippen molar-refractivity contribution in [2.75, 3.05) is 64.1 Å². The lowest BCUT2D eigenvalue weighted by Crippen LogP contribution is -2.54. The van der Waals surface area contributed by atoms with Crippen molar-refractivity contribution in [1.29, 1.82) is 0 Å². The molecule has 3 heterocycles. The van der Waals surface area contributed by atoms with E-state index in [9.17, 15) is 0 Å². The smallest absolute Gasteiger partial charge is 0.193 e. The van der Waals surface area contributed by atoms with Gasteiger partial charge in [0.1, 0.15) is 0 Å². The Labute approximate surface area is 153 Å². The summed E-state index contributed by atoms with van der Waals surface area (Å²) in [6, 6.07) is 4.34. The van der Waals surface area contributed by atoms with E-state index in [1.54, 1.807) is 0 Å². The number of guanidine groups is 1. The molecule has 3 rings (SSSR count). The van der Waals surface area contributed by atoms with Gasteiger partial charge in [-0.2, -0.15) is 11.8 Å². The van der Waals surface area contributed by atoms with Crippen molar-refractivity contribution >= 4 is 34.1 Å². The normalized spacial score (nSPS) is 21.8. The number of nitrogens with zero attached hydrogens (tertiary/aromatic N) is 3. The molecule has 24 heavy (non-hydrogen) atoms. The second kappa shape index (κ2) is 8.45. The zero-order valence-electron chi connectivity index (χ0n) is 14.7. The fourth-order valence-corrected chi connectivity index (χ4v) is 4.93. The summed E-state index contributed by atoms with van der Waals surface area (Å²) in [7, 11) is 1.89. The molecule has 1 aromatic heterocycles. The van der Waals surface area contributed by atoms with Crippen LogP contribution in [0.15, 0.2) is 22.5 Å². The number of ether oxygens (including phenoxy) is 1. The van der Waals surface area contributed by atoms with Crippen LogP contribution in [-0.2, 0) is 4.74 Å². The Bertz CT molecular complexity index is 521. The van der Waals surface area contributed by atoms with Crippen LogP contribution < -0.4 is 10.2 Å². The van der Waals surface area contributed by atoms with Crippen LogP contribution >= 0.6 is 23.1 Å². The van der Waals surface area contributed by atoms with Crippen molar-refractivity contribution in [3.8, 4) is 0 Å². The lowest BCUT2D eigenvalue weighted by Gasteiger charge is -2.39. The van der Waals surface area contributed by atoms with Crippen molar-refractivity contribution in [3.05, 3.63) is 17.5 Å². The first-order valence-corrected chi connectivity index (χ1v) is 10.7. The average Bonchev–Trinajstić information content (AvgIpc) is 3.18. The molecule has 1 aromatic rings. The van der Waals surface area contributed by atoms with Crippen LogP contribution in [0.4, 0.5) is 5.00 Å². The second-order valence-corrected chi connectivity index (χ2v) is 8.53. The summed E-state index contributed by atoms with van der Waals surface area (Å²) >= 11 is 3.79. The monoisotopic (exact) mass is 368 g/mol. The van der Waals surface area contributed by atoms with Crippen LogP contribution in [0.3, 0.4) is 0 Å². The SMILES string of the molecule is CN=C(NCC1(SC)CCOCC1)N1CCN(c2cccs2)CC1. The van der Waals surface area contributed by atoms with Gasteiger partial charge in [0.25, 0.3) is 0 Å². The minimum absolute atomic E-state index is 0.285. The molecule has 0 unspecified atom stereocenters. The van der Waals surface area contributed by atoms with Gasteiger partial charge in [-0.3, -0.25) is 4.99 Å². The van der Waals surface area contributed by atoms with E-state index >= 15 is 0 Å². The first kappa shape index (κ1) is 17.9. The van der Waals surface area contributed by atoms with Crippen molar-refractivity contribution in [3.63, 3.8) is 0 Å². The maximum atomic E-state index is 5.54. The number of rotatable bonds is 4. The molecule has 0 aliphatic carbocycles. The van der Waals surface area contributed by atoms with Gasteiger partial charge in [0, 0.05) is 57.7 Å². The number of hydrogen-bond donors (Lipinski definition) is 1. The summed E-state index contributed by atoms with van der Waals surface area (Å²) in [5, 5.41) is 7.16. The molecule has 0 saturated carbocycles. The number of thiophene rings is 1. The maximum absolute atomic E-state index is 5.54. The van der Waals surface area contributed by atoms with Crippen molar-refractivity contribution < 1.29 is 4.74 Å². The van der Waals surface area contributed by atoms with Gasteiger partial charge in [0.2, 0.25) is 0 Å². The molecular weight excluding hydrogens is 340 g/mol. The number of hydrogen-bond acceptors (Lipinski definition) is 5. The Hall–Kier alpha value is -0.920. The van der Waals surface area contributed by atoms with Crippen molar-refractivity contribution in [2.45, 2.75) is 17.6 Å². The molecule has 2 aliphatic rings. The molecule has 134 valence electrons. The number of aliphatic imine (C=N–C) groups is 1. The van der Waals surface area contributed by atoms with Gasteiger partial charge in [0.05, 0.1) is 5.00 Å². The van der Waals surface area contributed by atoms with E-state index in [4.69, 9.17) is 4.74 Å². The Balaban J connectivity index is 1.52. The Kier molecular flexibility index (Phi) is 6.30. The highest BCUT2D eigenvalue weighted by molar-refractivity contribution is 8.00. The summed E-state index contributed by atoms with van der Waals surface area (Å²) in [4.78, 5) is 9.38. The maximum Gasteiger partial charge on any atom is 0.193 e. The third kappa shape index (κ3) is 4.18. The predicted molar refractivity (Wildman–Crippen MR) is 106 cm³/mol. The summed E-state index contributed by atoms with van der Waals surface area (Å²) in [5.41, 5.74) is 0. The van der Waals surface area contributed by atoms with Gasteiger partial charge in [0.15, 0.2) is 5.96 Å². The molecule has 0 aromatic carbocycles. The summed E-state index contributed by atoms with van der Waals surface area (Å²) in [5.74, 6) is 1.04. The highest BCUT2D eigenvalue weighted by atomic mass is 32.2. The van der Waals surface area contributed by atoms with Gasteiger partial charge < -0.3 is 19.9 Å². The Morgan fingerprint density at radius 1 is 1.33 bits per heavy atom. The highest BCUT2D eigenvalue weighted by Gasteiger charge is 2.32. The quantitative estimate of drug-likeness (QED) is 0.653. The van der Waals surface area contributed by atoms with Crippen LogP contribution in [0.5, 0.6) is 0 Å². The van der Waals surface area contributed by atoms with E-state index < -0.39 is 0 Å². The van der Waals surface area contributed by atoms with Crippen LogP contribution in [0.1, 0.15) is 12.8 Å². The lowest BCUT2D eigenvalue weighted by atomic mass is 9.99. The van der Waals surface area contributed by atoms with Crippen LogP contribution in [-0.4, -0.2) is 74.8 Å². The average molecular weight is 369 g/mol. The fraction of sp³-hybridized carbons (Fsp3) is 0.706. The van der Waals surface area contributed by atoms with Gasteiger partial charge >= 0.3 is 0 Å². The lowest BCUT2D eigenvalue weighted by molar-refractivity contribution is 0.0781. The van der Waals surface area contributed by atoms with Crippen molar-refractivity contribution in [2.24, 2.45) is 4.99 Å². The zero-order chi connectivity index (χ0) is 16.8. The van der Waals surface area contributed by atoms with Gasteiger partial charge in [-0.25, -0.2) is 0 Å². The number of thioether (sulfide) groups is 1. The first-order valence-electron chi connectivity index (χ1n) is 8.63. The molecule has 0 atom stereocenters. The van der Waals surface area contributed by atoms with E-state index in [0.29, 0.717) is 0 Å². The van der Waals surface area contributed by atoms with Gasteiger partial charge in [-0.1, -0.05) is 0 Å². The molecule has 0 spiro atoms. The van der Waals surface area contributed by atoms with E-state index in [2.05, 4.69) is 43.9 Å². The fourth-order valence-electron chi connectivity index (χ4n) is 3.36. The molecule has 0 amide bonds. The second-order valence-electron chi connectivity index (χ2n) is 6.33. The molecule has 1 N–H and O–H groups in total. The Morgan fingerprint density at radius 3 is 2.67 bits per heavy atom. The van der Waals surface area contributed by atoms with Crippen LogP contribution in [0, 0.1) is 0 Å². The minimum atomic E-state index is 0.285. The predicted octanol–water partition coefficient (Wildman–Crippen LogP) is 2.36.